The van der Waals surface area contributed by atoms with Crippen molar-refractivity contribution in [2.24, 2.45) is 0 Å². The Hall–Kier alpha value is -4.90. The molecule has 6 N–H and O–H groups in total. The average Bonchev–Trinajstić information content (AvgIpc) is 3.67. The number of carbonyl (C=O) groups is 4. The fourth-order valence-corrected chi connectivity index (χ4v) is 7.30. The number of aromatic nitrogens is 6. The second kappa shape index (κ2) is 11.4. The number of aromatic amines is 2. The molecule has 2 aromatic carbocycles. The number of thioether (sulfide) groups is 2. The van der Waals surface area contributed by atoms with Crippen LogP contribution in [0.15, 0.2) is 65.0 Å². The third kappa shape index (κ3) is 5.39. The first-order valence-electron chi connectivity index (χ1n) is 12.9. The number of amides is 3. The number of imidazole rings is 1. The summed E-state index contributed by atoms with van der Waals surface area (Å²) in [5.74, 6) is -3.13. The SMILES string of the molecule is CC(Sc1nn[nH]n1)C1=C(C(=O)O)N2C(=O)C(NC(=O)C(NC(=O)c3nc4ccccc4[nH]3)c3cccc(O)c3)[C@@H]2SC1. The van der Waals surface area contributed by atoms with Crippen LogP contribution in [-0.2, 0) is 14.4 Å². The molecule has 4 aromatic rings. The maximum atomic E-state index is 13.6. The predicted octanol–water partition coefficient (Wildman–Crippen LogP) is 1.17. The van der Waals surface area contributed by atoms with Crippen molar-refractivity contribution < 1.29 is 29.4 Å². The van der Waals surface area contributed by atoms with Crippen LogP contribution in [0.4, 0.5) is 0 Å². The second-order valence-electron chi connectivity index (χ2n) is 9.63. The number of benzene rings is 2. The number of carboxylic acid groups (broad SMARTS) is 1. The van der Waals surface area contributed by atoms with Crippen molar-refractivity contribution >= 4 is 58.2 Å². The van der Waals surface area contributed by atoms with Crippen LogP contribution >= 0.6 is 23.5 Å². The second-order valence-corrected chi connectivity index (χ2v) is 12.0. The Labute approximate surface area is 250 Å². The number of para-hydroxylation sites is 2. The number of phenols is 1. The van der Waals surface area contributed by atoms with Crippen LogP contribution in [0.25, 0.3) is 11.0 Å². The Morgan fingerprint density at radius 3 is 2.72 bits per heavy atom. The minimum atomic E-state index is -1.31. The third-order valence-corrected chi connectivity index (χ3v) is 9.27. The molecule has 1 fully saturated rings. The van der Waals surface area contributed by atoms with Crippen molar-refractivity contribution in [2.45, 2.75) is 34.8 Å². The number of carbonyl (C=O) groups excluding carboxylic acids is 3. The summed E-state index contributed by atoms with van der Waals surface area (Å²) in [6.45, 7) is 1.79. The van der Waals surface area contributed by atoms with Gasteiger partial charge in [-0.15, -0.1) is 22.0 Å². The first-order valence-corrected chi connectivity index (χ1v) is 14.8. The lowest BCUT2D eigenvalue weighted by atomic mass is 10.00. The molecule has 6 rings (SSSR count). The Balaban J connectivity index is 1.22. The van der Waals surface area contributed by atoms with Gasteiger partial charge in [-0.2, -0.15) is 5.21 Å². The topological polar surface area (TPSA) is 219 Å². The molecular weight excluding hydrogens is 598 g/mol. The van der Waals surface area contributed by atoms with Gasteiger partial charge in [0.2, 0.25) is 11.1 Å². The van der Waals surface area contributed by atoms with Crippen molar-refractivity contribution in [3.05, 3.63) is 71.2 Å². The van der Waals surface area contributed by atoms with Crippen LogP contribution in [0.5, 0.6) is 5.75 Å². The van der Waals surface area contributed by atoms with E-state index in [1.807, 2.05) is 0 Å². The molecule has 220 valence electrons. The number of carboxylic acids is 1. The lowest BCUT2D eigenvalue weighted by Crippen LogP contribution is -2.71. The van der Waals surface area contributed by atoms with Crippen molar-refractivity contribution in [1.29, 1.82) is 0 Å². The van der Waals surface area contributed by atoms with Gasteiger partial charge in [0.05, 0.1) is 11.0 Å². The number of H-pyrrole nitrogens is 2. The van der Waals surface area contributed by atoms with Gasteiger partial charge in [-0.1, -0.05) is 36.0 Å². The lowest BCUT2D eigenvalue weighted by Gasteiger charge is -2.50. The fourth-order valence-electron chi connectivity index (χ4n) is 4.89. The summed E-state index contributed by atoms with van der Waals surface area (Å²) in [6.07, 6.45) is 0. The first kappa shape index (κ1) is 28.2. The Morgan fingerprint density at radius 2 is 2.00 bits per heavy atom. The van der Waals surface area contributed by atoms with Crippen LogP contribution in [0.1, 0.15) is 29.1 Å². The number of nitrogens with one attached hydrogen (secondary N) is 4. The maximum absolute atomic E-state index is 13.6. The van der Waals surface area contributed by atoms with Gasteiger partial charge >= 0.3 is 5.97 Å². The van der Waals surface area contributed by atoms with Gasteiger partial charge in [-0.05, 0) is 47.5 Å². The molecule has 0 bridgehead atoms. The smallest absolute Gasteiger partial charge is 0.352 e. The molecule has 0 radical (unpaired) electrons. The molecule has 0 saturated carbocycles. The molecule has 15 nitrogen and oxygen atoms in total. The van der Waals surface area contributed by atoms with Gasteiger partial charge in [0, 0.05) is 11.0 Å². The van der Waals surface area contributed by atoms with Crippen molar-refractivity contribution in [1.82, 2.24) is 46.1 Å². The van der Waals surface area contributed by atoms with Crippen LogP contribution < -0.4 is 10.6 Å². The van der Waals surface area contributed by atoms with Crippen LogP contribution in [0.2, 0.25) is 0 Å². The van der Waals surface area contributed by atoms with E-state index in [1.54, 1.807) is 37.3 Å². The van der Waals surface area contributed by atoms with E-state index in [9.17, 15) is 29.4 Å². The summed E-state index contributed by atoms with van der Waals surface area (Å²) in [4.78, 5) is 60.7. The quantitative estimate of drug-likeness (QED) is 0.115. The zero-order chi connectivity index (χ0) is 30.2. The summed E-state index contributed by atoms with van der Waals surface area (Å²) in [5.41, 5.74) is 1.82. The molecule has 1 saturated heterocycles. The van der Waals surface area contributed by atoms with Crippen molar-refractivity contribution in [3.8, 4) is 5.75 Å². The minimum absolute atomic E-state index is 0.0236. The molecule has 0 aliphatic carbocycles. The molecule has 43 heavy (non-hydrogen) atoms. The van der Waals surface area contributed by atoms with E-state index in [2.05, 4.69) is 41.2 Å². The number of aromatic hydroxyl groups is 1. The minimum Gasteiger partial charge on any atom is -0.508 e. The summed E-state index contributed by atoms with van der Waals surface area (Å²) < 4.78 is 0. The fraction of sp³-hybridized carbons (Fsp3) is 0.231. The summed E-state index contributed by atoms with van der Waals surface area (Å²) >= 11 is 2.51. The third-order valence-electron chi connectivity index (χ3n) is 6.94. The van der Waals surface area contributed by atoms with E-state index in [-0.39, 0.29) is 33.8 Å². The lowest BCUT2D eigenvalue weighted by molar-refractivity contribution is -0.151. The highest BCUT2D eigenvalue weighted by Gasteiger charge is 2.55. The summed E-state index contributed by atoms with van der Waals surface area (Å²) in [5, 5.41) is 38.3. The molecule has 2 aliphatic heterocycles. The van der Waals surface area contributed by atoms with Crippen LogP contribution in [0.3, 0.4) is 0 Å². The molecule has 4 atom stereocenters. The standard InChI is InChI=1S/C26H23N9O6S2/c1-11(43-26-31-33-34-32-26)14-10-42-24-18(23(39)35(24)19(14)25(40)41)30-21(37)17(12-5-4-6-13(36)9-12)29-22(38)20-27-15-7-2-3-8-16(15)28-20/h2-9,11,17-18,24,36H,10H2,1H3,(H,27,28)(H,29,38)(H,30,37)(H,40,41)(H,31,32,33,34)/t11?,17?,18?,24-/m0/s1. The van der Waals surface area contributed by atoms with E-state index in [0.717, 1.165) is 0 Å². The van der Waals surface area contributed by atoms with Gasteiger partial charge in [0.25, 0.3) is 11.8 Å². The van der Waals surface area contributed by atoms with E-state index in [1.165, 1.54) is 46.6 Å². The monoisotopic (exact) mass is 621 g/mol. The number of β-lactam (4-membered cyclic amide) rings is 1. The van der Waals surface area contributed by atoms with E-state index >= 15 is 0 Å². The highest BCUT2D eigenvalue weighted by Crippen LogP contribution is 2.43. The Bertz CT molecular complexity index is 1740. The molecule has 0 spiro atoms. The molecule has 3 amide bonds. The molecule has 3 unspecified atom stereocenters. The molecule has 4 heterocycles. The van der Waals surface area contributed by atoms with Crippen LogP contribution in [0, 0.1) is 0 Å². The van der Waals surface area contributed by atoms with E-state index in [0.29, 0.717) is 21.8 Å². The summed E-state index contributed by atoms with van der Waals surface area (Å²) in [7, 11) is 0. The number of rotatable bonds is 9. The molecular formula is C26H23N9O6S2. The number of aliphatic carboxylic acids is 1. The largest absolute Gasteiger partial charge is 0.508 e. The van der Waals surface area contributed by atoms with Gasteiger partial charge in [0.1, 0.15) is 28.9 Å². The first-order chi connectivity index (χ1) is 20.7. The van der Waals surface area contributed by atoms with Gasteiger partial charge in [-0.3, -0.25) is 19.3 Å². The molecule has 2 aromatic heterocycles. The molecule has 2 aliphatic rings. The normalized spacial score (nSPS) is 19.4. The van der Waals surface area contributed by atoms with Gasteiger partial charge < -0.3 is 25.8 Å². The number of hydrogen-bond acceptors (Lipinski definition) is 11. The number of fused-ring (bicyclic) bond motifs is 2. The Kier molecular flexibility index (Phi) is 7.49. The number of hydrogen-bond donors (Lipinski definition) is 6. The zero-order valence-corrected chi connectivity index (χ0v) is 23.8. The zero-order valence-electron chi connectivity index (χ0n) is 22.2. The van der Waals surface area contributed by atoms with Crippen LogP contribution in [-0.4, -0.2) is 91.8 Å². The number of tetrazole rings is 1. The molecule has 17 heteroatoms. The number of phenolic OH excluding ortho intramolecular Hbond substituents is 1. The summed E-state index contributed by atoms with van der Waals surface area (Å²) in [6, 6.07) is 10.5. The van der Waals surface area contributed by atoms with Crippen molar-refractivity contribution in [2.75, 3.05) is 5.75 Å². The van der Waals surface area contributed by atoms with E-state index < -0.39 is 41.1 Å². The van der Waals surface area contributed by atoms with E-state index in [4.69, 9.17) is 0 Å². The highest BCUT2D eigenvalue weighted by atomic mass is 32.2. The predicted molar refractivity (Wildman–Crippen MR) is 154 cm³/mol. The maximum Gasteiger partial charge on any atom is 0.352 e. The van der Waals surface area contributed by atoms with Crippen molar-refractivity contribution in [3.63, 3.8) is 0 Å². The number of nitrogens with zero attached hydrogens (tertiary/aromatic N) is 5. The van der Waals surface area contributed by atoms with Gasteiger partial charge in [0.15, 0.2) is 5.82 Å². The average molecular weight is 622 g/mol. The highest BCUT2D eigenvalue weighted by molar-refractivity contribution is 8.01. The Morgan fingerprint density at radius 1 is 1.19 bits per heavy atom. The van der Waals surface area contributed by atoms with Gasteiger partial charge in [-0.25, -0.2) is 9.78 Å².